The minimum absolute atomic E-state index is 0.0509. The molecule has 0 spiro atoms. The van der Waals surface area contributed by atoms with Crippen LogP contribution in [0.15, 0.2) is 51.4 Å². The molecular weight excluding hydrogens is 467 g/mol. The predicted molar refractivity (Wildman–Crippen MR) is 126 cm³/mol. The molecule has 1 aromatic heterocycles. The van der Waals surface area contributed by atoms with Gasteiger partial charge in [-0.1, -0.05) is 29.3 Å². The van der Waals surface area contributed by atoms with Crippen LogP contribution in [0.1, 0.15) is 16.7 Å². The second-order valence-corrected chi connectivity index (χ2v) is 7.79. The van der Waals surface area contributed by atoms with Crippen LogP contribution < -0.4 is 15.0 Å². The van der Waals surface area contributed by atoms with Crippen molar-refractivity contribution in [1.82, 2.24) is 4.57 Å². The Morgan fingerprint density at radius 3 is 2.42 bits per heavy atom. The zero-order valence-electron chi connectivity index (χ0n) is 18.1. The fraction of sp³-hybridized carbons (Fsp3) is 0.217. The number of methoxy groups -OCH3 is 2. The van der Waals surface area contributed by atoms with E-state index in [1.54, 1.807) is 31.4 Å². The molecule has 0 radical (unpaired) electrons. The van der Waals surface area contributed by atoms with Gasteiger partial charge >= 0.3 is 0 Å². The summed E-state index contributed by atoms with van der Waals surface area (Å²) in [4.78, 5) is 13.1. The summed E-state index contributed by atoms with van der Waals surface area (Å²) >= 11 is 11.9. The first-order valence-electron chi connectivity index (χ1n) is 9.74. The van der Waals surface area contributed by atoms with Crippen molar-refractivity contribution in [1.29, 1.82) is 5.26 Å². The SMILES string of the molecule is COc1ccc(CCn2c(O)c(C#N)c(C)c(N=Nc3ccc(Cl)c(Cl)c3)c2=O)cc1OC. The van der Waals surface area contributed by atoms with Gasteiger partial charge in [-0.25, -0.2) is 0 Å². The molecule has 0 aliphatic heterocycles. The normalized spacial score (nSPS) is 10.9. The number of rotatable bonds is 7. The quantitative estimate of drug-likeness (QED) is 0.429. The Morgan fingerprint density at radius 2 is 1.79 bits per heavy atom. The summed E-state index contributed by atoms with van der Waals surface area (Å²) in [5.74, 6) is 0.701. The van der Waals surface area contributed by atoms with E-state index >= 15 is 0 Å². The molecule has 0 bridgehead atoms. The fourth-order valence-corrected chi connectivity index (χ4v) is 3.49. The number of pyridine rings is 1. The molecule has 0 atom stereocenters. The van der Waals surface area contributed by atoms with Crippen molar-refractivity contribution in [2.45, 2.75) is 19.9 Å². The van der Waals surface area contributed by atoms with Crippen LogP contribution in [0.5, 0.6) is 17.4 Å². The molecule has 170 valence electrons. The molecule has 10 heteroatoms. The number of azo groups is 1. The topological polar surface area (TPSA) is 109 Å². The van der Waals surface area contributed by atoms with E-state index in [4.69, 9.17) is 32.7 Å². The summed E-state index contributed by atoms with van der Waals surface area (Å²) in [6.07, 6.45) is 0.380. The first-order chi connectivity index (χ1) is 15.8. The molecular formula is C23H20Cl2N4O4. The molecule has 3 aromatic rings. The van der Waals surface area contributed by atoms with Crippen LogP contribution in [0, 0.1) is 18.3 Å². The van der Waals surface area contributed by atoms with Crippen molar-refractivity contribution in [3.05, 3.63) is 73.5 Å². The Hall–Kier alpha value is -3.54. The van der Waals surface area contributed by atoms with Crippen molar-refractivity contribution in [3.63, 3.8) is 0 Å². The molecule has 1 N–H and O–H groups in total. The van der Waals surface area contributed by atoms with E-state index in [9.17, 15) is 15.2 Å². The molecule has 0 saturated carbocycles. The average molecular weight is 487 g/mol. The number of hydrogen-bond acceptors (Lipinski definition) is 7. The number of ether oxygens (including phenoxy) is 2. The minimum atomic E-state index is -0.576. The summed E-state index contributed by atoms with van der Waals surface area (Å²) < 4.78 is 11.6. The Labute approximate surface area is 200 Å². The maximum absolute atomic E-state index is 13.1. The number of nitriles is 1. The first-order valence-corrected chi connectivity index (χ1v) is 10.5. The molecule has 0 aliphatic rings. The molecule has 33 heavy (non-hydrogen) atoms. The zero-order chi connectivity index (χ0) is 24.1. The van der Waals surface area contributed by atoms with Gasteiger partial charge in [-0.05, 0) is 49.2 Å². The van der Waals surface area contributed by atoms with Crippen LogP contribution in [0.3, 0.4) is 0 Å². The van der Waals surface area contributed by atoms with E-state index in [1.807, 2.05) is 12.1 Å². The molecule has 3 rings (SSSR count). The number of aromatic nitrogens is 1. The van der Waals surface area contributed by atoms with Gasteiger partial charge in [0, 0.05) is 12.1 Å². The molecule has 0 saturated heterocycles. The number of aryl methyl sites for hydroxylation is 1. The lowest BCUT2D eigenvalue weighted by atomic mass is 10.1. The highest BCUT2D eigenvalue weighted by Crippen LogP contribution is 2.31. The second-order valence-electron chi connectivity index (χ2n) is 6.98. The Bertz CT molecular complexity index is 1330. The van der Waals surface area contributed by atoms with Gasteiger partial charge in [-0.3, -0.25) is 9.36 Å². The molecule has 1 heterocycles. The van der Waals surface area contributed by atoms with Gasteiger partial charge < -0.3 is 14.6 Å². The van der Waals surface area contributed by atoms with Gasteiger partial charge in [0.25, 0.3) is 5.56 Å². The highest BCUT2D eigenvalue weighted by Gasteiger charge is 2.19. The van der Waals surface area contributed by atoms with Crippen LogP contribution in [0.25, 0.3) is 0 Å². The number of benzene rings is 2. The maximum atomic E-state index is 13.1. The molecule has 0 aliphatic carbocycles. The van der Waals surface area contributed by atoms with E-state index in [1.165, 1.54) is 20.1 Å². The van der Waals surface area contributed by atoms with Gasteiger partial charge in [0.15, 0.2) is 17.2 Å². The van der Waals surface area contributed by atoms with Gasteiger partial charge in [-0.2, -0.15) is 10.4 Å². The van der Waals surface area contributed by atoms with E-state index in [0.717, 1.165) is 10.1 Å². The molecule has 0 unspecified atom stereocenters. The highest BCUT2D eigenvalue weighted by molar-refractivity contribution is 6.42. The largest absolute Gasteiger partial charge is 0.493 e. The summed E-state index contributed by atoms with van der Waals surface area (Å²) in [5, 5.41) is 28.9. The number of aromatic hydroxyl groups is 1. The second kappa shape index (κ2) is 10.4. The lowest BCUT2D eigenvalue weighted by molar-refractivity contribution is 0.354. The summed E-state index contributed by atoms with van der Waals surface area (Å²) in [6, 6.07) is 11.9. The summed E-state index contributed by atoms with van der Waals surface area (Å²) in [6.45, 7) is 1.63. The van der Waals surface area contributed by atoms with Crippen molar-refractivity contribution >= 4 is 34.6 Å². The smallest absolute Gasteiger partial charge is 0.281 e. The van der Waals surface area contributed by atoms with E-state index in [2.05, 4.69) is 10.2 Å². The van der Waals surface area contributed by atoms with Crippen LogP contribution in [0.4, 0.5) is 11.4 Å². The molecule has 8 nitrogen and oxygen atoms in total. The monoisotopic (exact) mass is 486 g/mol. The van der Waals surface area contributed by atoms with Crippen LogP contribution in [-0.2, 0) is 13.0 Å². The lowest BCUT2D eigenvalue weighted by Gasteiger charge is -2.14. The summed E-state index contributed by atoms with van der Waals surface area (Å²) in [5.41, 5.74) is 0.774. The van der Waals surface area contributed by atoms with Crippen LogP contribution >= 0.6 is 23.2 Å². The third-order valence-corrected chi connectivity index (χ3v) is 5.75. The number of hydrogen-bond donors (Lipinski definition) is 1. The van der Waals surface area contributed by atoms with Crippen molar-refractivity contribution in [3.8, 4) is 23.4 Å². The zero-order valence-corrected chi connectivity index (χ0v) is 19.6. The van der Waals surface area contributed by atoms with Crippen LogP contribution in [0.2, 0.25) is 10.0 Å². The van der Waals surface area contributed by atoms with Gasteiger partial charge in [0.1, 0.15) is 11.6 Å². The maximum Gasteiger partial charge on any atom is 0.281 e. The van der Waals surface area contributed by atoms with E-state index < -0.39 is 11.4 Å². The van der Waals surface area contributed by atoms with E-state index in [0.29, 0.717) is 33.7 Å². The van der Waals surface area contributed by atoms with Crippen molar-refractivity contribution < 1.29 is 14.6 Å². The van der Waals surface area contributed by atoms with Gasteiger partial charge in [-0.15, -0.1) is 5.11 Å². The molecule has 2 aromatic carbocycles. The summed E-state index contributed by atoms with van der Waals surface area (Å²) in [7, 11) is 3.07. The lowest BCUT2D eigenvalue weighted by Crippen LogP contribution is -2.23. The number of halogens is 2. The van der Waals surface area contributed by atoms with E-state index in [-0.39, 0.29) is 23.4 Å². The van der Waals surface area contributed by atoms with Gasteiger partial charge in [0.2, 0.25) is 5.88 Å². The fourth-order valence-electron chi connectivity index (χ4n) is 3.20. The number of nitrogens with zero attached hydrogens (tertiary/aromatic N) is 4. The average Bonchev–Trinajstić information content (AvgIpc) is 2.81. The third-order valence-electron chi connectivity index (χ3n) is 5.01. The standard InChI is InChI=1S/C23H20Cl2N4O4/c1-13-16(12-26)22(30)29(9-8-14-4-7-19(32-2)20(10-14)33-3)23(31)21(13)28-27-15-5-6-17(24)18(25)11-15/h4-7,10-11,30H,8-9H2,1-3H3. The minimum Gasteiger partial charge on any atom is -0.493 e. The third kappa shape index (κ3) is 5.11. The highest BCUT2D eigenvalue weighted by atomic mass is 35.5. The van der Waals surface area contributed by atoms with Crippen molar-refractivity contribution in [2.75, 3.05) is 14.2 Å². The predicted octanol–water partition coefficient (Wildman–Crippen LogP) is 5.72. The molecule has 0 amide bonds. The van der Waals surface area contributed by atoms with Crippen molar-refractivity contribution in [2.24, 2.45) is 10.2 Å². The first kappa shape index (κ1) is 24.1. The van der Waals surface area contributed by atoms with Crippen LogP contribution in [-0.4, -0.2) is 23.9 Å². The molecule has 0 fully saturated rings. The Balaban J connectivity index is 1.99. The van der Waals surface area contributed by atoms with Gasteiger partial charge in [0.05, 0.1) is 30.0 Å². The Kier molecular flexibility index (Phi) is 7.59. The Morgan fingerprint density at radius 1 is 1.06 bits per heavy atom.